The predicted octanol–water partition coefficient (Wildman–Crippen LogP) is 3.56. The number of aromatic nitrogens is 4. The van der Waals surface area contributed by atoms with Crippen molar-refractivity contribution in [1.82, 2.24) is 19.7 Å². The molecule has 0 aliphatic heterocycles. The third-order valence-corrected chi connectivity index (χ3v) is 5.87. The highest BCUT2D eigenvalue weighted by Crippen LogP contribution is 2.40. The molecule has 0 spiro atoms. The van der Waals surface area contributed by atoms with Gasteiger partial charge in [0.05, 0.1) is 11.4 Å². The van der Waals surface area contributed by atoms with Crippen LogP contribution < -0.4 is 11.1 Å². The summed E-state index contributed by atoms with van der Waals surface area (Å²) in [5, 5.41) is 18.0. The summed E-state index contributed by atoms with van der Waals surface area (Å²) in [5.41, 5.74) is 12.2. The van der Waals surface area contributed by atoms with E-state index in [1.807, 2.05) is 44.2 Å². The summed E-state index contributed by atoms with van der Waals surface area (Å²) in [4.78, 5) is 21.1. The third kappa shape index (κ3) is 3.58. The fraction of sp³-hybridized carbons (Fsp3) is 0.250. The number of aryl methyl sites for hydroxylation is 2. The molecule has 5 rings (SSSR count). The zero-order chi connectivity index (χ0) is 22.4. The highest BCUT2D eigenvalue weighted by Gasteiger charge is 2.25. The van der Waals surface area contributed by atoms with Crippen LogP contribution >= 0.6 is 0 Å². The van der Waals surface area contributed by atoms with E-state index in [-0.39, 0.29) is 0 Å². The van der Waals surface area contributed by atoms with E-state index >= 15 is 0 Å². The second-order valence-electron chi connectivity index (χ2n) is 8.29. The van der Waals surface area contributed by atoms with Crippen LogP contribution in [0.1, 0.15) is 47.2 Å². The SMILES string of the molecule is Cc1cc(NC(=O)[C@H](O)c2cccc(C3CC3)c2)ccc1-n1nc(C)c2ncnc(N)c21. The van der Waals surface area contributed by atoms with Gasteiger partial charge in [0.2, 0.25) is 0 Å². The van der Waals surface area contributed by atoms with Gasteiger partial charge in [0.15, 0.2) is 11.9 Å². The normalized spacial score (nSPS) is 14.5. The Morgan fingerprint density at radius 3 is 2.75 bits per heavy atom. The number of carbonyl (C=O) groups is 1. The number of nitrogens with zero attached hydrogens (tertiary/aromatic N) is 4. The first-order chi connectivity index (χ1) is 15.4. The molecule has 4 aromatic rings. The summed E-state index contributed by atoms with van der Waals surface area (Å²) in [5.74, 6) is 0.439. The van der Waals surface area contributed by atoms with Crippen molar-refractivity contribution < 1.29 is 9.90 Å². The van der Waals surface area contributed by atoms with Crippen molar-refractivity contribution >= 4 is 28.4 Å². The number of carbonyl (C=O) groups excluding carboxylic acids is 1. The van der Waals surface area contributed by atoms with Crippen LogP contribution in [0, 0.1) is 13.8 Å². The van der Waals surface area contributed by atoms with E-state index in [1.54, 1.807) is 16.8 Å². The molecule has 1 atom stereocenters. The number of nitrogen functional groups attached to an aromatic ring is 1. The van der Waals surface area contributed by atoms with Crippen LogP contribution in [-0.4, -0.2) is 30.8 Å². The molecular weight excluding hydrogens is 404 g/mol. The number of fused-ring (bicyclic) bond motifs is 1. The Labute approximate surface area is 185 Å². The van der Waals surface area contributed by atoms with Gasteiger partial charge < -0.3 is 16.2 Å². The molecule has 0 saturated heterocycles. The summed E-state index contributed by atoms with van der Waals surface area (Å²) < 4.78 is 1.72. The number of rotatable bonds is 5. The van der Waals surface area contributed by atoms with Crippen LogP contribution in [0.3, 0.4) is 0 Å². The molecule has 2 heterocycles. The van der Waals surface area contributed by atoms with Gasteiger partial charge in [0.1, 0.15) is 17.4 Å². The quantitative estimate of drug-likeness (QED) is 0.447. The van der Waals surface area contributed by atoms with Crippen LogP contribution in [0.4, 0.5) is 11.5 Å². The summed E-state index contributed by atoms with van der Waals surface area (Å²) in [6, 6.07) is 13.1. The van der Waals surface area contributed by atoms with Gasteiger partial charge in [-0.2, -0.15) is 5.10 Å². The second kappa shape index (κ2) is 7.72. The lowest BCUT2D eigenvalue weighted by Gasteiger charge is -2.14. The van der Waals surface area contributed by atoms with Gasteiger partial charge in [-0.1, -0.05) is 24.3 Å². The van der Waals surface area contributed by atoms with Crippen molar-refractivity contribution in [3.05, 3.63) is 71.2 Å². The van der Waals surface area contributed by atoms with Gasteiger partial charge in [0, 0.05) is 5.69 Å². The molecule has 0 unspecified atom stereocenters. The molecule has 4 N–H and O–H groups in total. The van der Waals surface area contributed by atoms with Crippen LogP contribution in [0.5, 0.6) is 0 Å². The zero-order valence-electron chi connectivity index (χ0n) is 17.9. The minimum Gasteiger partial charge on any atom is -0.382 e. The fourth-order valence-corrected chi connectivity index (χ4v) is 4.02. The predicted molar refractivity (Wildman–Crippen MR) is 123 cm³/mol. The molecule has 1 saturated carbocycles. The van der Waals surface area contributed by atoms with E-state index in [4.69, 9.17) is 5.73 Å². The molecule has 2 aromatic heterocycles. The highest BCUT2D eigenvalue weighted by atomic mass is 16.3. The van der Waals surface area contributed by atoms with E-state index < -0.39 is 12.0 Å². The minimum absolute atomic E-state index is 0.351. The van der Waals surface area contributed by atoms with Gasteiger partial charge in [0.25, 0.3) is 5.91 Å². The van der Waals surface area contributed by atoms with E-state index in [0.717, 1.165) is 16.9 Å². The van der Waals surface area contributed by atoms with Crippen molar-refractivity contribution in [2.75, 3.05) is 11.1 Å². The molecule has 2 aromatic carbocycles. The molecule has 1 aliphatic rings. The Kier molecular flexibility index (Phi) is 4.86. The summed E-state index contributed by atoms with van der Waals surface area (Å²) in [6.07, 6.45) is 2.53. The number of hydrogen-bond acceptors (Lipinski definition) is 6. The monoisotopic (exact) mass is 428 g/mol. The first-order valence-electron chi connectivity index (χ1n) is 10.6. The van der Waals surface area contributed by atoms with E-state index in [1.165, 1.54) is 24.7 Å². The van der Waals surface area contributed by atoms with Gasteiger partial charge in [-0.15, -0.1) is 0 Å². The van der Waals surface area contributed by atoms with Gasteiger partial charge in [-0.3, -0.25) is 4.79 Å². The van der Waals surface area contributed by atoms with Crippen molar-refractivity contribution in [2.24, 2.45) is 0 Å². The summed E-state index contributed by atoms with van der Waals surface area (Å²) >= 11 is 0. The van der Waals surface area contributed by atoms with Crippen LogP contribution in [0.2, 0.25) is 0 Å². The van der Waals surface area contributed by atoms with Crippen LogP contribution in [-0.2, 0) is 4.79 Å². The van der Waals surface area contributed by atoms with Crippen molar-refractivity contribution in [3.63, 3.8) is 0 Å². The first-order valence-corrected chi connectivity index (χ1v) is 10.6. The summed E-state index contributed by atoms with van der Waals surface area (Å²) in [7, 11) is 0. The first kappa shape index (κ1) is 20.1. The number of aliphatic hydroxyl groups excluding tert-OH is 1. The van der Waals surface area contributed by atoms with E-state index in [0.29, 0.717) is 34.0 Å². The average molecular weight is 428 g/mol. The number of hydrogen-bond donors (Lipinski definition) is 3. The molecule has 1 fully saturated rings. The lowest BCUT2D eigenvalue weighted by molar-refractivity contribution is -0.124. The standard InChI is InChI=1S/C24H24N6O2/c1-13-10-18(28-24(32)22(31)17-5-3-4-16(11-17)15-6-7-15)8-9-19(13)30-21-20(14(2)29-30)26-12-27-23(21)25/h3-5,8-12,15,22,31H,6-7H2,1-2H3,(H,28,32)(H2,25,26,27)/t22-/m1/s1. The number of nitrogens with one attached hydrogen (secondary N) is 1. The Bertz CT molecular complexity index is 1340. The van der Waals surface area contributed by atoms with Gasteiger partial charge in [-0.25, -0.2) is 14.6 Å². The molecule has 0 radical (unpaired) electrons. The Morgan fingerprint density at radius 2 is 2.00 bits per heavy atom. The van der Waals surface area contributed by atoms with Crippen LogP contribution in [0.25, 0.3) is 16.7 Å². The Hall–Kier alpha value is -3.78. The molecule has 1 aliphatic carbocycles. The van der Waals surface area contributed by atoms with Crippen molar-refractivity contribution in [3.8, 4) is 5.69 Å². The summed E-state index contributed by atoms with van der Waals surface area (Å²) in [6.45, 7) is 3.79. The highest BCUT2D eigenvalue weighted by molar-refractivity contribution is 5.95. The molecule has 8 nitrogen and oxygen atoms in total. The van der Waals surface area contributed by atoms with Crippen molar-refractivity contribution in [1.29, 1.82) is 0 Å². The smallest absolute Gasteiger partial charge is 0.257 e. The zero-order valence-corrected chi connectivity index (χ0v) is 17.9. The maximum atomic E-state index is 12.7. The molecule has 1 amide bonds. The number of nitrogens with two attached hydrogens (primary N) is 1. The largest absolute Gasteiger partial charge is 0.382 e. The molecule has 162 valence electrons. The number of amides is 1. The maximum absolute atomic E-state index is 12.7. The van der Waals surface area contributed by atoms with Gasteiger partial charge in [-0.05, 0) is 67.5 Å². The Balaban J connectivity index is 1.39. The molecular formula is C24H24N6O2. The minimum atomic E-state index is -1.23. The van der Waals surface area contributed by atoms with E-state index in [9.17, 15) is 9.90 Å². The number of anilines is 2. The third-order valence-electron chi connectivity index (χ3n) is 5.87. The van der Waals surface area contributed by atoms with Crippen molar-refractivity contribution in [2.45, 2.75) is 38.7 Å². The second-order valence-corrected chi connectivity index (χ2v) is 8.29. The van der Waals surface area contributed by atoms with E-state index in [2.05, 4.69) is 20.4 Å². The Morgan fingerprint density at radius 1 is 1.19 bits per heavy atom. The fourth-order valence-electron chi connectivity index (χ4n) is 4.02. The maximum Gasteiger partial charge on any atom is 0.257 e. The average Bonchev–Trinajstić information content (AvgIpc) is 3.58. The van der Waals surface area contributed by atoms with Gasteiger partial charge >= 0.3 is 0 Å². The lowest BCUT2D eigenvalue weighted by atomic mass is 10.0. The lowest BCUT2D eigenvalue weighted by Crippen LogP contribution is -2.21. The molecule has 32 heavy (non-hydrogen) atoms. The topological polar surface area (TPSA) is 119 Å². The molecule has 0 bridgehead atoms. The number of benzene rings is 2. The number of aliphatic hydroxyl groups is 1. The van der Waals surface area contributed by atoms with Crippen LogP contribution in [0.15, 0.2) is 48.8 Å². The molecule has 8 heteroatoms.